The molecule has 0 aliphatic heterocycles. The van der Waals surface area contributed by atoms with E-state index in [1.165, 1.54) is 18.9 Å². The summed E-state index contributed by atoms with van der Waals surface area (Å²) in [6.45, 7) is 1.92. The summed E-state index contributed by atoms with van der Waals surface area (Å²) in [5.74, 6) is 0.0394. The maximum Gasteiger partial charge on any atom is 0.340 e. The van der Waals surface area contributed by atoms with Gasteiger partial charge in [0, 0.05) is 11.1 Å². The SMILES string of the molecule is COC(=O)c1c(CSc2nnnn2-c2ccccc2)nc2ccccc2c1C. The van der Waals surface area contributed by atoms with Crippen molar-refractivity contribution in [2.24, 2.45) is 0 Å². The number of thioether (sulfide) groups is 1. The number of aromatic nitrogens is 5. The number of carbonyl (C=O) groups is 1. The van der Waals surface area contributed by atoms with Crippen LogP contribution in [-0.2, 0) is 10.5 Å². The van der Waals surface area contributed by atoms with E-state index in [2.05, 4.69) is 15.5 Å². The second kappa shape index (κ2) is 7.77. The van der Waals surface area contributed by atoms with Crippen molar-refractivity contribution in [3.05, 3.63) is 71.4 Å². The second-order valence-electron chi connectivity index (χ2n) is 6.06. The fraction of sp³-hybridized carbons (Fsp3) is 0.150. The first-order valence-corrected chi connectivity index (χ1v) is 9.60. The Kier molecular flexibility index (Phi) is 5.03. The van der Waals surface area contributed by atoms with E-state index >= 15 is 0 Å². The van der Waals surface area contributed by atoms with Gasteiger partial charge in [-0.05, 0) is 41.1 Å². The maximum atomic E-state index is 12.4. The maximum absolute atomic E-state index is 12.4. The van der Waals surface area contributed by atoms with Crippen molar-refractivity contribution in [3.8, 4) is 5.69 Å². The zero-order valence-electron chi connectivity index (χ0n) is 15.4. The van der Waals surface area contributed by atoms with Crippen LogP contribution in [0.25, 0.3) is 16.6 Å². The van der Waals surface area contributed by atoms with E-state index in [9.17, 15) is 4.79 Å². The zero-order chi connectivity index (χ0) is 19.5. The molecule has 7 nitrogen and oxygen atoms in total. The second-order valence-corrected chi connectivity index (χ2v) is 7.01. The summed E-state index contributed by atoms with van der Waals surface area (Å²) in [6, 6.07) is 17.4. The summed E-state index contributed by atoms with van der Waals surface area (Å²) in [7, 11) is 1.38. The molecule has 0 saturated heterocycles. The van der Waals surface area contributed by atoms with Gasteiger partial charge in [-0.15, -0.1) is 5.10 Å². The lowest BCUT2D eigenvalue weighted by molar-refractivity contribution is 0.0598. The molecule has 0 amide bonds. The molecule has 0 fully saturated rings. The molecule has 0 aliphatic rings. The molecule has 2 heterocycles. The molecule has 0 atom stereocenters. The first-order valence-electron chi connectivity index (χ1n) is 8.62. The number of rotatable bonds is 5. The number of fused-ring (bicyclic) bond motifs is 1. The number of hydrogen-bond acceptors (Lipinski definition) is 7. The Morgan fingerprint density at radius 3 is 2.64 bits per heavy atom. The first kappa shape index (κ1) is 18.1. The van der Waals surface area contributed by atoms with Gasteiger partial charge in [0.05, 0.1) is 29.6 Å². The van der Waals surface area contributed by atoms with Crippen LogP contribution in [0.4, 0.5) is 0 Å². The third kappa shape index (κ3) is 3.34. The van der Waals surface area contributed by atoms with Gasteiger partial charge in [-0.1, -0.05) is 48.2 Å². The number of ether oxygens (including phenoxy) is 1. The van der Waals surface area contributed by atoms with E-state index in [1.54, 1.807) is 4.68 Å². The molecule has 0 unspecified atom stereocenters. The highest BCUT2D eigenvalue weighted by Gasteiger charge is 2.20. The molecule has 2 aromatic heterocycles. The number of esters is 1. The lowest BCUT2D eigenvalue weighted by atomic mass is 10.0. The molecule has 4 aromatic rings. The minimum absolute atomic E-state index is 0.394. The van der Waals surface area contributed by atoms with Crippen molar-refractivity contribution >= 4 is 28.6 Å². The van der Waals surface area contributed by atoms with Gasteiger partial charge in [-0.25, -0.2) is 4.79 Å². The molecule has 0 N–H and O–H groups in total. The molecule has 2 aromatic carbocycles. The molecule has 0 radical (unpaired) electrons. The fourth-order valence-electron chi connectivity index (χ4n) is 3.05. The third-order valence-electron chi connectivity index (χ3n) is 4.40. The van der Waals surface area contributed by atoms with Crippen LogP contribution in [0.15, 0.2) is 59.8 Å². The summed E-state index contributed by atoms with van der Waals surface area (Å²) < 4.78 is 6.67. The van der Waals surface area contributed by atoms with Crippen LogP contribution in [0, 0.1) is 6.92 Å². The molecular formula is C20H17N5O2S. The van der Waals surface area contributed by atoms with Crippen LogP contribution in [0.1, 0.15) is 21.6 Å². The van der Waals surface area contributed by atoms with E-state index in [-0.39, 0.29) is 0 Å². The van der Waals surface area contributed by atoms with Crippen LogP contribution in [0.5, 0.6) is 0 Å². The molecular weight excluding hydrogens is 374 g/mol. The van der Waals surface area contributed by atoms with Crippen LogP contribution in [0.3, 0.4) is 0 Å². The predicted octanol–water partition coefficient (Wildman–Crippen LogP) is 3.60. The molecule has 8 heteroatoms. The number of hydrogen-bond donors (Lipinski definition) is 0. The summed E-state index contributed by atoms with van der Waals surface area (Å²) in [6.07, 6.45) is 0. The van der Waals surface area contributed by atoms with Gasteiger partial charge in [0.2, 0.25) is 5.16 Å². The predicted molar refractivity (Wildman–Crippen MR) is 107 cm³/mol. The van der Waals surface area contributed by atoms with E-state index in [0.717, 1.165) is 22.2 Å². The van der Waals surface area contributed by atoms with E-state index in [0.29, 0.717) is 22.2 Å². The van der Waals surface area contributed by atoms with Gasteiger partial charge in [0.1, 0.15) is 0 Å². The van der Waals surface area contributed by atoms with Crippen molar-refractivity contribution in [2.75, 3.05) is 7.11 Å². The van der Waals surface area contributed by atoms with Gasteiger partial charge in [0.25, 0.3) is 0 Å². The number of tetrazole rings is 1. The molecule has 0 bridgehead atoms. The van der Waals surface area contributed by atoms with Crippen LogP contribution in [-0.4, -0.2) is 38.3 Å². The zero-order valence-corrected chi connectivity index (χ0v) is 16.2. The number of aryl methyl sites for hydroxylation is 1. The standard InChI is InChI=1S/C20H17N5O2S/c1-13-15-10-6-7-11-16(15)21-17(18(13)19(26)27-2)12-28-20-22-23-24-25(20)14-8-4-3-5-9-14/h3-11H,12H2,1-2H3. The fourth-order valence-corrected chi connectivity index (χ4v) is 3.88. The quantitative estimate of drug-likeness (QED) is 0.380. The molecule has 0 spiro atoms. The van der Waals surface area contributed by atoms with Gasteiger partial charge >= 0.3 is 5.97 Å². The van der Waals surface area contributed by atoms with Gasteiger partial charge in [-0.2, -0.15) is 4.68 Å². The average Bonchev–Trinajstić information content (AvgIpc) is 3.21. The number of para-hydroxylation sites is 2. The van der Waals surface area contributed by atoms with Crippen molar-refractivity contribution in [1.29, 1.82) is 0 Å². The third-order valence-corrected chi connectivity index (χ3v) is 5.33. The summed E-state index contributed by atoms with van der Waals surface area (Å²) in [5, 5.41) is 13.5. The highest BCUT2D eigenvalue weighted by molar-refractivity contribution is 7.98. The Morgan fingerprint density at radius 1 is 1.11 bits per heavy atom. The van der Waals surface area contributed by atoms with Crippen LogP contribution >= 0.6 is 11.8 Å². The molecule has 0 saturated carbocycles. The molecule has 4 rings (SSSR count). The smallest absolute Gasteiger partial charge is 0.340 e. The highest BCUT2D eigenvalue weighted by atomic mass is 32.2. The number of nitrogens with zero attached hydrogens (tertiary/aromatic N) is 5. The number of carbonyl (C=O) groups excluding carboxylic acids is 1. The van der Waals surface area contributed by atoms with Crippen molar-refractivity contribution in [2.45, 2.75) is 17.8 Å². The van der Waals surface area contributed by atoms with Crippen molar-refractivity contribution < 1.29 is 9.53 Å². The average molecular weight is 391 g/mol. The monoisotopic (exact) mass is 391 g/mol. The first-order chi connectivity index (χ1) is 13.7. The van der Waals surface area contributed by atoms with E-state index < -0.39 is 5.97 Å². The largest absolute Gasteiger partial charge is 0.465 e. The number of benzene rings is 2. The molecule has 28 heavy (non-hydrogen) atoms. The number of methoxy groups -OCH3 is 1. The Morgan fingerprint density at radius 2 is 1.86 bits per heavy atom. The topological polar surface area (TPSA) is 82.8 Å². The minimum atomic E-state index is -0.394. The van der Waals surface area contributed by atoms with Gasteiger partial charge < -0.3 is 4.74 Å². The summed E-state index contributed by atoms with van der Waals surface area (Å²) in [5.41, 5.74) is 3.70. The van der Waals surface area contributed by atoms with Crippen molar-refractivity contribution in [1.82, 2.24) is 25.2 Å². The van der Waals surface area contributed by atoms with E-state index in [1.807, 2.05) is 61.5 Å². The summed E-state index contributed by atoms with van der Waals surface area (Å²) >= 11 is 1.42. The molecule has 140 valence electrons. The summed E-state index contributed by atoms with van der Waals surface area (Å²) in [4.78, 5) is 17.1. The van der Waals surface area contributed by atoms with E-state index in [4.69, 9.17) is 9.72 Å². The Balaban J connectivity index is 1.71. The number of pyridine rings is 1. The lowest BCUT2D eigenvalue weighted by Crippen LogP contribution is -2.10. The van der Waals surface area contributed by atoms with Gasteiger partial charge in [0.15, 0.2) is 0 Å². The normalized spacial score (nSPS) is 10.9. The molecule has 0 aliphatic carbocycles. The van der Waals surface area contributed by atoms with Crippen LogP contribution < -0.4 is 0 Å². The van der Waals surface area contributed by atoms with Crippen LogP contribution in [0.2, 0.25) is 0 Å². The Hall–Kier alpha value is -3.26. The Labute approximate surface area is 165 Å². The minimum Gasteiger partial charge on any atom is -0.465 e. The lowest BCUT2D eigenvalue weighted by Gasteiger charge is -2.13. The van der Waals surface area contributed by atoms with Crippen molar-refractivity contribution in [3.63, 3.8) is 0 Å². The highest BCUT2D eigenvalue weighted by Crippen LogP contribution is 2.28. The van der Waals surface area contributed by atoms with Gasteiger partial charge in [-0.3, -0.25) is 4.98 Å². The Bertz CT molecular complexity index is 1140.